The van der Waals surface area contributed by atoms with Crippen LogP contribution in [0.1, 0.15) is 40.9 Å². The monoisotopic (exact) mass is 312 g/mol. The van der Waals surface area contributed by atoms with Crippen LogP contribution in [-0.4, -0.2) is 30.1 Å². The molecule has 1 aromatic heterocycles. The first-order valence-corrected chi connectivity index (χ1v) is 8.07. The van der Waals surface area contributed by atoms with Crippen molar-refractivity contribution in [2.45, 2.75) is 32.0 Å². The van der Waals surface area contributed by atoms with Gasteiger partial charge in [-0.3, -0.25) is 4.79 Å². The second-order valence-electron chi connectivity index (χ2n) is 6.13. The van der Waals surface area contributed by atoms with Crippen LogP contribution in [0, 0.1) is 6.92 Å². The van der Waals surface area contributed by atoms with Crippen LogP contribution in [0.4, 0.5) is 5.69 Å². The van der Waals surface area contributed by atoms with E-state index in [1.54, 1.807) is 0 Å². The first-order valence-electron chi connectivity index (χ1n) is 8.07. The zero-order chi connectivity index (χ0) is 15.8. The number of para-hydroxylation sites is 1. The molecule has 5 nitrogen and oxygen atoms in total. The SMILES string of the molecule is Cc1ccc([C@@H]2Nc3ccccc3C(=O)N2C[C@H]2CCCO2)o1. The van der Waals surface area contributed by atoms with Crippen molar-refractivity contribution in [3.8, 4) is 0 Å². The average Bonchev–Trinajstić information content (AvgIpc) is 3.21. The summed E-state index contributed by atoms with van der Waals surface area (Å²) in [7, 11) is 0. The summed E-state index contributed by atoms with van der Waals surface area (Å²) in [5.74, 6) is 1.61. The molecule has 0 spiro atoms. The van der Waals surface area contributed by atoms with E-state index < -0.39 is 0 Å². The third kappa shape index (κ3) is 2.61. The molecule has 23 heavy (non-hydrogen) atoms. The number of carbonyl (C=O) groups excluding carboxylic acids is 1. The Balaban J connectivity index is 1.70. The molecule has 1 aromatic carbocycles. The van der Waals surface area contributed by atoms with Gasteiger partial charge in [0.15, 0.2) is 6.17 Å². The fourth-order valence-corrected chi connectivity index (χ4v) is 3.31. The number of nitrogens with zero attached hydrogens (tertiary/aromatic N) is 1. The molecule has 0 radical (unpaired) electrons. The zero-order valence-corrected chi connectivity index (χ0v) is 13.1. The van der Waals surface area contributed by atoms with Crippen LogP contribution in [0.25, 0.3) is 0 Å². The van der Waals surface area contributed by atoms with E-state index in [1.165, 1.54) is 0 Å². The van der Waals surface area contributed by atoms with E-state index >= 15 is 0 Å². The van der Waals surface area contributed by atoms with Gasteiger partial charge < -0.3 is 19.4 Å². The highest BCUT2D eigenvalue weighted by molar-refractivity contribution is 6.01. The second kappa shape index (κ2) is 5.74. The maximum absolute atomic E-state index is 13.0. The number of nitrogens with one attached hydrogen (secondary N) is 1. The highest BCUT2D eigenvalue weighted by Crippen LogP contribution is 2.34. The number of furan rings is 1. The fourth-order valence-electron chi connectivity index (χ4n) is 3.31. The Hall–Kier alpha value is -2.27. The Morgan fingerprint density at radius 3 is 2.87 bits per heavy atom. The number of aryl methyl sites for hydroxylation is 1. The summed E-state index contributed by atoms with van der Waals surface area (Å²) in [6.07, 6.45) is 1.86. The van der Waals surface area contributed by atoms with Gasteiger partial charge in [0.2, 0.25) is 0 Å². The molecule has 2 aliphatic rings. The third-order valence-corrected chi connectivity index (χ3v) is 4.48. The lowest BCUT2D eigenvalue weighted by molar-refractivity contribution is 0.0401. The number of fused-ring (bicyclic) bond motifs is 1. The number of hydrogen-bond acceptors (Lipinski definition) is 4. The molecule has 4 rings (SSSR count). The van der Waals surface area contributed by atoms with Crippen molar-refractivity contribution in [3.05, 3.63) is 53.5 Å². The molecular formula is C18H20N2O3. The van der Waals surface area contributed by atoms with Crippen molar-refractivity contribution in [2.75, 3.05) is 18.5 Å². The minimum atomic E-state index is -0.296. The molecule has 2 aliphatic heterocycles. The van der Waals surface area contributed by atoms with Crippen molar-refractivity contribution in [3.63, 3.8) is 0 Å². The molecule has 2 aromatic rings. The van der Waals surface area contributed by atoms with Gasteiger partial charge in [-0.25, -0.2) is 0 Å². The Bertz CT molecular complexity index is 719. The molecule has 0 saturated carbocycles. The van der Waals surface area contributed by atoms with Gasteiger partial charge >= 0.3 is 0 Å². The predicted molar refractivity (Wildman–Crippen MR) is 86.3 cm³/mol. The first kappa shape index (κ1) is 14.3. The van der Waals surface area contributed by atoms with Gasteiger partial charge in [-0.2, -0.15) is 0 Å². The van der Waals surface area contributed by atoms with Crippen molar-refractivity contribution in [1.29, 1.82) is 0 Å². The maximum Gasteiger partial charge on any atom is 0.258 e. The van der Waals surface area contributed by atoms with Crippen LogP contribution in [0.15, 0.2) is 40.8 Å². The Labute approximate surface area is 135 Å². The molecule has 1 N–H and O–H groups in total. The van der Waals surface area contributed by atoms with E-state index in [1.807, 2.05) is 48.2 Å². The van der Waals surface area contributed by atoms with Crippen molar-refractivity contribution in [2.24, 2.45) is 0 Å². The standard InChI is InChI=1S/C18H20N2O3/c1-12-8-9-16(23-12)17-19-15-7-3-2-6-14(15)18(21)20(17)11-13-5-4-10-22-13/h2-3,6-9,13,17,19H,4-5,10-11H2,1H3/t13-,17-/m1/s1. The topological polar surface area (TPSA) is 54.7 Å². The van der Waals surface area contributed by atoms with Crippen molar-refractivity contribution < 1.29 is 13.9 Å². The average molecular weight is 312 g/mol. The zero-order valence-electron chi connectivity index (χ0n) is 13.1. The van der Waals surface area contributed by atoms with Crippen LogP contribution in [-0.2, 0) is 4.74 Å². The van der Waals surface area contributed by atoms with Crippen LogP contribution in [0.3, 0.4) is 0 Å². The third-order valence-electron chi connectivity index (χ3n) is 4.48. The number of rotatable bonds is 3. The van der Waals surface area contributed by atoms with Gasteiger partial charge in [0.05, 0.1) is 11.7 Å². The fraction of sp³-hybridized carbons (Fsp3) is 0.389. The number of amides is 1. The summed E-state index contributed by atoms with van der Waals surface area (Å²) >= 11 is 0. The minimum Gasteiger partial charge on any atom is -0.462 e. The first-order chi connectivity index (χ1) is 11.2. The smallest absolute Gasteiger partial charge is 0.258 e. The maximum atomic E-state index is 13.0. The van der Waals surface area contributed by atoms with E-state index in [0.717, 1.165) is 36.7 Å². The molecule has 1 amide bonds. The molecule has 120 valence electrons. The summed E-state index contributed by atoms with van der Waals surface area (Å²) in [6.45, 7) is 3.26. The van der Waals surface area contributed by atoms with E-state index in [-0.39, 0.29) is 18.2 Å². The number of carbonyl (C=O) groups is 1. The molecule has 5 heteroatoms. The number of hydrogen-bond donors (Lipinski definition) is 1. The predicted octanol–water partition coefficient (Wildman–Crippen LogP) is 3.33. The van der Waals surface area contributed by atoms with E-state index in [2.05, 4.69) is 5.32 Å². The van der Waals surface area contributed by atoms with Gasteiger partial charge in [0, 0.05) is 18.8 Å². The summed E-state index contributed by atoms with van der Waals surface area (Å²) in [5.41, 5.74) is 1.55. The van der Waals surface area contributed by atoms with Gasteiger partial charge in [-0.15, -0.1) is 0 Å². The van der Waals surface area contributed by atoms with E-state index in [4.69, 9.17) is 9.15 Å². The highest BCUT2D eigenvalue weighted by Gasteiger charge is 2.36. The molecular weight excluding hydrogens is 292 g/mol. The summed E-state index contributed by atoms with van der Waals surface area (Å²) < 4.78 is 11.5. The minimum absolute atomic E-state index is 0.0221. The largest absolute Gasteiger partial charge is 0.462 e. The van der Waals surface area contributed by atoms with Gasteiger partial charge in [-0.1, -0.05) is 12.1 Å². The summed E-state index contributed by atoms with van der Waals surface area (Å²) in [6, 6.07) is 11.5. The Morgan fingerprint density at radius 2 is 2.13 bits per heavy atom. The van der Waals surface area contributed by atoms with Crippen LogP contribution < -0.4 is 5.32 Å². The van der Waals surface area contributed by atoms with Gasteiger partial charge in [0.25, 0.3) is 5.91 Å². The number of benzene rings is 1. The van der Waals surface area contributed by atoms with Crippen LogP contribution in [0.5, 0.6) is 0 Å². The van der Waals surface area contributed by atoms with Crippen molar-refractivity contribution >= 4 is 11.6 Å². The van der Waals surface area contributed by atoms with Gasteiger partial charge in [-0.05, 0) is 44.0 Å². The summed E-state index contributed by atoms with van der Waals surface area (Å²) in [4.78, 5) is 14.8. The lowest BCUT2D eigenvalue weighted by Crippen LogP contribution is -2.46. The number of anilines is 1. The highest BCUT2D eigenvalue weighted by atomic mass is 16.5. The molecule has 1 fully saturated rings. The molecule has 0 aliphatic carbocycles. The molecule has 2 atom stereocenters. The lowest BCUT2D eigenvalue weighted by Gasteiger charge is -2.37. The lowest BCUT2D eigenvalue weighted by atomic mass is 10.1. The second-order valence-corrected chi connectivity index (χ2v) is 6.13. The normalized spacial score (nSPS) is 23.7. The molecule has 0 bridgehead atoms. The number of ether oxygens (including phenoxy) is 1. The molecule has 3 heterocycles. The molecule has 0 unspecified atom stereocenters. The Morgan fingerprint density at radius 1 is 1.26 bits per heavy atom. The molecule has 1 saturated heterocycles. The Kier molecular flexibility index (Phi) is 3.58. The van der Waals surface area contributed by atoms with Crippen LogP contribution >= 0.6 is 0 Å². The van der Waals surface area contributed by atoms with Crippen LogP contribution in [0.2, 0.25) is 0 Å². The van der Waals surface area contributed by atoms with Gasteiger partial charge in [0.1, 0.15) is 11.5 Å². The van der Waals surface area contributed by atoms with E-state index in [0.29, 0.717) is 12.1 Å². The quantitative estimate of drug-likeness (QED) is 0.944. The van der Waals surface area contributed by atoms with Crippen molar-refractivity contribution in [1.82, 2.24) is 4.90 Å². The summed E-state index contributed by atoms with van der Waals surface area (Å²) in [5, 5.41) is 3.44. The van der Waals surface area contributed by atoms with E-state index in [9.17, 15) is 4.79 Å².